The third-order valence-corrected chi connectivity index (χ3v) is 4.12. The van der Waals surface area contributed by atoms with Gasteiger partial charge in [-0.25, -0.2) is 0 Å². The van der Waals surface area contributed by atoms with Crippen LogP contribution in [0.3, 0.4) is 0 Å². The number of benzene rings is 2. The van der Waals surface area contributed by atoms with Crippen molar-refractivity contribution in [2.45, 2.75) is 13.3 Å². The standard InChI is InChI=1S/C16H15IN2OS/c1-2-11-7-9-12(10-8-11)15(20)19-16(21)18-14-6-4-3-5-13(14)17/h3-10H,2H2,1H3,(H2,18,19,20,21). The molecule has 5 heteroatoms. The summed E-state index contributed by atoms with van der Waals surface area (Å²) < 4.78 is 1.04. The Hall–Kier alpha value is -1.47. The fourth-order valence-electron chi connectivity index (χ4n) is 1.78. The molecule has 0 atom stereocenters. The van der Waals surface area contributed by atoms with Crippen molar-refractivity contribution in [2.24, 2.45) is 0 Å². The highest BCUT2D eigenvalue weighted by Gasteiger charge is 2.08. The molecule has 0 saturated heterocycles. The molecule has 0 aliphatic carbocycles. The molecular formula is C16H15IN2OS. The van der Waals surface area contributed by atoms with Crippen molar-refractivity contribution >= 4 is 51.5 Å². The largest absolute Gasteiger partial charge is 0.332 e. The topological polar surface area (TPSA) is 41.1 Å². The van der Waals surface area contributed by atoms with E-state index in [4.69, 9.17) is 12.2 Å². The second-order valence-electron chi connectivity index (χ2n) is 4.44. The number of carbonyl (C=O) groups excluding carboxylic acids is 1. The smallest absolute Gasteiger partial charge is 0.257 e. The maximum Gasteiger partial charge on any atom is 0.257 e. The zero-order valence-corrected chi connectivity index (χ0v) is 14.5. The van der Waals surface area contributed by atoms with Crippen molar-refractivity contribution in [2.75, 3.05) is 5.32 Å². The third-order valence-electron chi connectivity index (χ3n) is 2.97. The molecule has 0 heterocycles. The van der Waals surface area contributed by atoms with Gasteiger partial charge in [-0.05, 0) is 71.1 Å². The average Bonchev–Trinajstić information content (AvgIpc) is 2.49. The first kappa shape index (κ1) is 15.9. The minimum atomic E-state index is -0.207. The zero-order valence-electron chi connectivity index (χ0n) is 11.5. The molecular weight excluding hydrogens is 395 g/mol. The van der Waals surface area contributed by atoms with Gasteiger partial charge in [-0.3, -0.25) is 10.1 Å². The van der Waals surface area contributed by atoms with Crippen molar-refractivity contribution < 1.29 is 4.79 Å². The number of rotatable bonds is 3. The summed E-state index contributed by atoms with van der Waals surface area (Å²) in [5, 5.41) is 6.01. The molecule has 0 aliphatic rings. The summed E-state index contributed by atoms with van der Waals surface area (Å²) in [5.41, 5.74) is 2.68. The molecule has 1 amide bonds. The van der Waals surface area contributed by atoms with E-state index >= 15 is 0 Å². The Morgan fingerprint density at radius 2 is 1.81 bits per heavy atom. The van der Waals surface area contributed by atoms with Crippen LogP contribution >= 0.6 is 34.8 Å². The van der Waals surface area contributed by atoms with Crippen molar-refractivity contribution in [3.05, 3.63) is 63.2 Å². The summed E-state index contributed by atoms with van der Waals surface area (Å²) in [7, 11) is 0. The van der Waals surface area contributed by atoms with Crippen LogP contribution in [0.5, 0.6) is 0 Å². The molecule has 2 N–H and O–H groups in total. The van der Waals surface area contributed by atoms with Crippen LogP contribution in [-0.2, 0) is 6.42 Å². The highest BCUT2D eigenvalue weighted by atomic mass is 127. The first-order valence-corrected chi connectivity index (χ1v) is 8.04. The van der Waals surface area contributed by atoms with Gasteiger partial charge in [0.1, 0.15) is 0 Å². The van der Waals surface area contributed by atoms with Crippen LogP contribution in [0.2, 0.25) is 0 Å². The van der Waals surface area contributed by atoms with Gasteiger partial charge in [0.05, 0.1) is 5.69 Å². The summed E-state index contributed by atoms with van der Waals surface area (Å²) >= 11 is 7.39. The monoisotopic (exact) mass is 410 g/mol. The number of aryl methyl sites for hydroxylation is 1. The van der Waals surface area contributed by atoms with E-state index in [1.807, 2.05) is 48.5 Å². The number of carbonyl (C=O) groups is 1. The van der Waals surface area contributed by atoms with Gasteiger partial charge in [0, 0.05) is 9.13 Å². The van der Waals surface area contributed by atoms with Gasteiger partial charge >= 0.3 is 0 Å². The zero-order chi connectivity index (χ0) is 15.2. The van der Waals surface area contributed by atoms with E-state index in [0.29, 0.717) is 10.7 Å². The predicted octanol–water partition coefficient (Wildman–Crippen LogP) is 3.98. The Morgan fingerprint density at radius 3 is 2.43 bits per heavy atom. The Balaban J connectivity index is 1.98. The second-order valence-corrected chi connectivity index (χ2v) is 6.01. The maximum atomic E-state index is 12.1. The van der Waals surface area contributed by atoms with E-state index < -0.39 is 0 Å². The van der Waals surface area contributed by atoms with Crippen LogP contribution in [0.1, 0.15) is 22.8 Å². The summed E-state index contributed by atoms with van der Waals surface area (Å²) in [6.45, 7) is 2.08. The van der Waals surface area contributed by atoms with Crippen LogP contribution < -0.4 is 10.6 Å². The molecule has 0 spiro atoms. The lowest BCUT2D eigenvalue weighted by Gasteiger charge is -2.11. The Morgan fingerprint density at radius 1 is 1.14 bits per heavy atom. The number of para-hydroxylation sites is 1. The Bertz CT molecular complexity index is 656. The lowest BCUT2D eigenvalue weighted by atomic mass is 10.1. The highest BCUT2D eigenvalue weighted by molar-refractivity contribution is 14.1. The lowest BCUT2D eigenvalue weighted by Crippen LogP contribution is -2.34. The summed E-state index contributed by atoms with van der Waals surface area (Å²) in [5.74, 6) is -0.207. The second kappa shape index (κ2) is 7.51. The highest BCUT2D eigenvalue weighted by Crippen LogP contribution is 2.16. The fraction of sp³-hybridized carbons (Fsp3) is 0.125. The third kappa shape index (κ3) is 4.50. The van der Waals surface area contributed by atoms with Gasteiger partial charge in [0.15, 0.2) is 5.11 Å². The normalized spacial score (nSPS) is 10.0. The number of thiocarbonyl (C=S) groups is 1. The molecule has 0 radical (unpaired) electrons. The summed E-state index contributed by atoms with van der Waals surface area (Å²) in [6.07, 6.45) is 0.953. The van der Waals surface area contributed by atoms with Gasteiger partial charge < -0.3 is 5.32 Å². The van der Waals surface area contributed by atoms with Crippen molar-refractivity contribution in [1.29, 1.82) is 0 Å². The Kier molecular flexibility index (Phi) is 5.69. The minimum Gasteiger partial charge on any atom is -0.332 e. The number of anilines is 1. The van der Waals surface area contributed by atoms with Gasteiger partial charge in [-0.15, -0.1) is 0 Å². The summed E-state index contributed by atoms with van der Waals surface area (Å²) in [4.78, 5) is 12.1. The first-order chi connectivity index (χ1) is 10.1. The van der Waals surface area contributed by atoms with Gasteiger partial charge in [-0.2, -0.15) is 0 Å². The first-order valence-electron chi connectivity index (χ1n) is 6.56. The molecule has 2 aromatic rings. The average molecular weight is 410 g/mol. The van der Waals surface area contributed by atoms with E-state index in [-0.39, 0.29) is 5.91 Å². The molecule has 3 nitrogen and oxygen atoms in total. The Labute approximate surface area is 143 Å². The van der Waals surface area contributed by atoms with Crippen molar-refractivity contribution in [3.8, 4) is 0 Å². The van der Waals surface area contributed by atoms with Gasteiger partial charge in [0.2, 0.25) is 0 Å². The number of amides is 1. The molecule has 0 aromatic heterocycles. The fourth-order valence-corrected chi connectivity index (χ4v) is 2.51. The van der Waals surface area contributed by atoms with E-state index in [9.17, 15) is 4.79 Å². The quantitative estimate of drug-likeness (QED) is 0.594. The van der Waals surface area contributed by atoms with Crippen molar-refractivity contribution in [1.82, 2.24) is 5.32 Å². The lowest BCUT2D eigenvalue weighted by molar-refractivity contribution is 0.0977. The molecule has 0 unspecified atom stereocenters. The molecule has 0 saturated carbocycles. The van der Waals surface area contributed by atoms with Gasteiger partial charge in [-0.1, -0.05) is 31.2 Å². The van der Waals surface area contributed by atoms with Crippen molar-refractivity contribution in [3.63, 3.8) is 0 Å². The summed E-state index contributed by atoms with van der Waals surface area (Å²) in [6, 6.07) is 15.3. The van der Waals surface area contributed by atoms with E-state index in [1.54, 1.807) is 0 Å². The molecule has 2 aromatic carbocycles. The molecule has 0 bridgehead atoms. The maximum absolute atomic E-state index is 12.1. The van der Waals surface area contributed by atoms with E-state index in [2.05, 4.69) is 40.1 Å². The molecule has 0 fully saturated rings. The number of hydrogen-bond acceptors (Lipinski definition) is 2. The van der Waals surface area contributed by atoms with E-state index in [0.717, 1.165) is 15.7 Å². The molecule has 108 valence electrons. The van der Waals surface area contributed by atoms with E-state index in [1.165, 1.54) is 5.56 Å². The molecule has 2 rings (SSSR count). The molecule has 0 aliphatic heterocycles. The minimum absolute atomic E-state index is 0.207. The number of hydrogen-bond donors (Lipinski definition) is 2. The number of nitrogens with one attached hydrogen (secondary N) is 2. The van der Waals surface area contributed by atoms with Crippen LogP contribution in [-0.4, -0.2) is 11.0 Å². The number of halogens is 1. The predicted molar refractivity (Wildman–Crippen MR) is 98.7 cm³/mol. The van der Waals surface area contributed by atoms with Crippen LogP contribution in [0.4, 0.5) is 5.69 Å². The van der Waals surface area contributed by atoms with Crippen LogP contribution in [0.25, 0.3) is 0 Å². The van der Waals surface area contributed by atoms with Gasteiger partial charge in [0.25, 0.3) is 5.91 Å². The van der Waals surface area contributed by atoms with Crippen LogP contribution in [0.15, 0.2) is 48.5 Å². The SMILES string of the molecule is CCc1ccc(C(=O)NC(=S)Nc2ccccc2I)cc1. The molecule has 21 heavy (non-hydrogen) atoms. The van der Waals surface area contributed by atoms with Crippen LogP contribution in [0, 0.1) is 3.57 Å².